The molecule has 0 amide bonds. The van der Waals surface area contributed by atoms with E-state index >= 15 is 0 Å². The maximum atomic E-state index is 8.87. The highest BCUT2D eigenvalue weighted by Gasteiger charge is 2.09. The smallest absolute Gasteiger partial charge is 0.0950 e. The van der Waals surface area contributed by atoms with Crippen molar-refractivity contribution in [1.29, 1.82) is 0 Å². The highest BCUT2D eigenvalue weighted by molar-refractivity contribution is 5.10. The summed E-state index contributed by atoms with van der Waals surface area (Å²) >= 11 is 0. The van der Waals surface area contributed by atoms with Crippen molar-refractivity contribution < 1.29 is 9.52 Å². The SMILES string of the molecule is CCC(CCO)CNC(C)c1ccoc1. The largest absolute Gasteiger partial charge is 0.472 e. The molecule has 0 aliphatic carbocycles. The Morgan fingerprint density at radius 3 is 2.87 bits per heavy atom. The van der Waals surface area contributed by atoms with Gasteiger partial charge in [-0.2, -0.15) is 0 Å². The second-order valence-corrected chi connectivity index (χ2v) is 3.97. The lowest BCUT2D eigenvalue weighted by molar-refractivity contribution is 0.249. The molecule has 0 fully saturated rings. The average Bonchev–Trinajstić information content (AvgIpc) is 2.77. The molecule has 2 N–H and O–H groups in total. The van der Waals surface area contributed by atoms with E-state index in [0.29, 0.717) is 12.0 Å². The summed E-state index contributed by atoms with van der Waals surface area (Å²) in [5.74, 6) is 0.560. The van der Waals surface area contributed by atoms with Crippen LogP contribution in [0.1, 0.15) is 38.3 Å². The van der Waals surface area contributed by atoms with Gasteiger partial charge < -0.3 is 14.8 Å². The minimum atomic E-state index is 0.278. The summed E-state index contributed by atoms with van der Waals surface area (Å²) in [5, 5.41) is 12.3. The molecule has 3 nitrogen and oxygen atoms in total. The van der Waals surface area contributed by atoms with Crippen molar-refractivity contribution in [3.05, 3.63) is 24.2 Å². The Morgan fingerprint density at radius 1 is 1.53 bits per heavy atom. The third-order valence-electron chi connectivity index (χ3n) is 2.87. The van der Waals surface area contributed by atoms with Crippen LogP contribution in [0.5, 0.6) is 0 Å². The first-order chi connectivity index (χ1) is 7.27. The summed E-state index contributed by atoms with van der Waals surface area (Å²) in [4.78, 5) is 0. The molecule has 2 atom stereocenters. The van der Waals surface area contributed by atoms with Gasteiger partial charge >= 0.3 is 0 Å². The van der Waals surface area contributed by atoms with Crippen molar-refractivity contribution in [2.75, 3.05) is 13.2 Å². The number of hydrogen-bond acceptors (Lipinski definition) is 3. The quantitative estimate of drug-likeness (QED) is 0.727. The van der Waals surface area contributed by atoms with Crippen molar-refractivity contribution >= 4 is 0 Å². The molecule has 1 heterocycles. The molecule has 15 heavy (non-hydrogen) atoms. The number of furan rings is 1. The van der Waals surface area contributed by atoms with Crippen molar-refractivity contribution in [1.82, 2.24) is 5.32 Å². The summed E-state index contributed by atoms with van der Waals surface area (Å²) in [6, 6.07) is 2.29. The molecule has 0 spiro atoms. The van der Waals surface area contributed by atoms with Crippen molar-refractivity contribution in [2.45, 2.75) is 32.7 Å². The van der Waals surface area contributed by atoms with Gasteiger partial charge in [-0.3, -0.25) is 0 Å². The number of rotatable bonds is 7. The van der Waals surface area contributed by atoms with Crippen LogP contribution in [0.25, 0.3) is 0 Å². The Hall–Kier alpha value is -0.800. The molecule has 0 saturated carbocycles. The molecule has 0 saturated heterocycles. The van der Waals surface area contributed by atoms with Gasteiger partial charge in [0.15, 0.2) is 0 Å². The third kappa shape index (κ3) is 4.06. The van der Waals surface area contributed by atoms with E-state index in [1.54, 1.807) is 12.5 Å². The summed E-state index contributed by atoms with van der Waals surface area (Å²) in [7, 11) is 0. The molecular formula is C12H21NO2. The van der Waals surface area contributed by atoms with Crippen LogP contribution in [0.4, 0.5) is 0 Å². The van der Waals surface area contributed by atoms with Crippen molar-refractivity contribution in [2.24, 2.45) is 5.92 Å². The van der Waals surface area contributed by atoms with Gasteiger partial charge in [0.2, 0.25) is 0 Å². The van der Waals surface area contributed by atoms with Gasteiger partial charge in [0.1, 0.15) is 0 Å². The zero-order valence-electron chi connectivity index (χ0n) is 9.57. The molecule has 86 valence electrons. The van der Waals surface area contributed by atoms with Crippen molar-refractivity contribution in [3.8, 4) is 0 Å². The maximum Gasteiger partial charge on any atom is 0.0950 e. The van der Waals surface area contributed by atoms with Gasteiger partial charge in [-0.25, -0.2) is 0 Å². The Morgan fingerprint density at radius 2 is 2.33 bits per heavy atom. The molecule has 0 bridgehead atoms. The van der Waals surface area contributed by atoms with E-state index in [4.69, 9.17) is 9.52 Å². The standard InChI is InChI=1S/C12H21NO2/c1-3-11(4-6-14)8-13-10(2)12-5-7-15-9-12/h5,7,9-11,13-14H,3-4,6,8H2,1-2H3. The average molecular weight is 211 g/mol. The monoisotopic (exact) mass is 211 g/mol. The lowest BCUT2D eigenvalue weighted by Gasteiger charge is -2.18. The molecule has 1 rings (SSSR count). The van der Waals surface area contributed by atoms with E-state index in [-0.39, 0.29) is 6.61 Å². The minimum Gasteiger partial charge on any atom is -0.472 e. The van der Waals surface area contributed by atoms with Gasteiger partial charge in [-0.15, -0.1) is 0 Å². The van der Waals surface area contributed by atoms with Gasteiger partial charge in [0.05, 0.1) is 12.5 Å². The lowest BCUT2D eigenvalue weighted by Crippen LogP contribution is -2.25. The zero-order chi connectivity index (χ0) is 11.1. The fourth-order valence-electron chi connectivity index (χ4n) is 1.62. The van der Waals surface area contributed by atoms with Crippen LogP contribution in [-0.2, 0) is 0 Å². The lowest BCUT2D eigenvalue weighted by atomic mass is 10.0. The minimum absolute atomic E-state index is 0.278. The zero-order valence-corrected chi connectivity index (χ0v) is 9.57. The predicted octanol–water partition coefficient (Wildman–Crippen LogP) is 2.34. The highest BCUT2D eigenvalue weighted by Crippen LogP contribution is 2.14. The molecule has 0 aliphatic heterocycles. The summed E-state index contributed by atoms with van der Waals surface area (Å²) in [5.41, 5.74) is 1.17. The van der Waals surface area contributed by atoms with Crippen LogP contribution >= 0.6 is 0 Å². The Labute approximate surface area is 91.5 Å². The van der Waals surface area contributed by atoms with Crippen LogP contribution < -0.4 is 5.32 Å². The maximum absolute atomic E-state index is 8.87. The van der Waals surface area contributed by atoms with Crippen LogP contribution in [0.2, 0.25) is 0 Å². The second-order valence-electron chi connectivity index (χ2n) is 3.97. The first kappa shape index (κ1) is 12.3. The van der Waals surface area contributed by atoms with Crippen LogP contribution in [-0.4, -0.2) is 18.3 Å². The van der Waals surface area contributed by atoms with E-state index in [2.05, 4.69) is 19.2 Å². The number of hydrogen-bond donors (Lipinski definition) is 2. The number of aliphatic hydroxyl groups excluding tert-OH is 1. The topological polar surface area (TPSA) is 45.4 Å². The number of aliphatic hydroxyl groups is 1. The Bertz CT molecular complexity index is 246. The summed E-state index contributed by atoms with van der Waals surface area (Å²) in [6.45, 7) is 5.50. The van der Waals surface area contributed by atoms with Gasteiger partial charge in [-0.05, 0) is 31.9 Å². The first-order valence-corrected chi connectivity index (χ1v) is 5.64. The molecule has 1 aromatic heterocycles. The summed E-state index contributed by atoms with van der Waals surface area (Å²) in [6.07, 6.45) is 5.44. The van der Waals surface area contributed by atoms with Crippen molar-refractivity contribution in [3.63, 3.8) is 0 Å². The van der Waals surface area contributed by atoms with Gasteiger partial charge in [0, 0.05) is 18.2 Å². The second kappa shape index (κ2) is 6.64. The predicted molar refractivity (Wildman–Crippen MR) is 60.6 cm³/mol. The molecule has 3 heteroatoms. The molecule has 0 radical (unpaired) electrons. The van der Waals surface area contributed by atoms with E-state index in [0.717, 1.165) is 19.4 Å². The highest BCUT2D eigenvalue weighted by atomic mass is 16.3. The van der Waals surface area contributed by atoms with E-state index in [9.17, 15) is 0 Å². The van der Waals surface area contributed by atoms with Crippen LogP contribution in [0.3, 0.4) is 0 Å². The summed E-state index contributed by atoms with van der Waals surface area (Å²) < 4.78 is 5.04. The van der Waals surface area contributed by atoms with E-state index in [1.807, 2.05) is 6.07 Å². The van der Waals surface area contributed by atoms with Crippen LogP contribution in [0, 0.1) is 5.92 Å². The first-order valence-electron chi connectivity index (χ1n) is 5.64. The molecule has 0 aromatic carbocycles. The fraction of sp³-hybridized carbons (Fsp3) is 0.667. The van der Waals surface area contributed by atoms with Gasteiger partial charge in [-0.1, -0.05) is 13.3 Å². The molecule has 1 aromatic rings. The van der Waals surface area contributed by atoms with Crippen LogP contribution in [0.15, 0.2) is 23.0 Å². The molecule has 0 aliphatic rings. The molecular weight excluding hydrogens is 190 g/mol. The molecule has 2 unspecified atom stereocenters. The Balaban J connectivity index is 2.29. The fourth-order valence-corrected chi connectivity index (χ4v) is 1.62. The number of nitrogens with one attached hydrogen (secondary N) is 1. The Kier molecular flexibility index (Phi) is 5.43. The van der Waals surface area contributed by atoms with E-state index < -0.39 is 0 Å². The van der Waals surface area contributed by atoms with E-state index in [1.165, 1.54) is 5.56 Å². The normalized spacial score (nSPS) is 15.1. The van der Waals surface area contributed by atoms with Gasteiger partial charge in [0.25, 0.3) is 0 Å². The third-order valence-corrected chi connectivity index (χ3v) is 2.87.